The van der Waals surface area contributed by atoms with Crippen LogP contribution in [-0.4, -0.2) is 18.6 Å². The molecule has 0 spiro atoms. The molecular formula is C16H16N2O4S. The minimum Gasteiger partial charge on any atom is -0.506 e. The Morgan fingerprint density at radius 1 is 0.826 bits per heavy atom. The summed E-state index contributed by atoms with van der Waals surface area (Å²) in [7, 11) is -4.00. The fourth-order valence-corrected chi connectivity index (χ4v) is 3.07. The number of benzene rings is 2. The highest BCUT2D eigenvalue weighted by atomic mass is 32.2. The lowest BCUT2D eigenvalue weighted by molar-refractivity contribution is 0.477. The second-order valence-electron chi connectivity index (χ2n) is 4.90. The zero-order valence-corrected chi connectivity index (χ0v) is 13.0. The third-order valence-electron chi connectivity index (χ3n) is 3.35. The number of phenols is 2. The number of hydrogen-bond acceptors (Lipinski definition) is 6. The molecule has 0 heterocycles. The maximum absolute atomic E-state index is 12.6. The molecule has 0 amide bonds. The lowest BCUT2D eigenvalue weighted by Crippen LogP contribution is -2.05. The molecule has 0 saturated carbocycles. The van der Waals surface area contributed by atoms with Crippen molar-refractivity contribution in [3.05, 3.63) is 60.7 Å². The van der Waals surface area contributed by atoms with E-state index in [1.165, 1.54) is 36.4 Å². The molecule has 0 bridgehead atoms. The van der Waals surface area contributed by atoms with Gasteiger partial charge in [0.15, 0.2) is 0 Å². The van der Waals surface area contributed by atoms with Crippen molar-refractivity contribution in [1.82, 2.24) is 0 Å². The van der Waals surface area contributed by atoms with Crippen LogP contribution in [0.15, 0.2) is 49.6 Å². The molecule has 0 aliphatic heterocycles. The van der Waals surface area contributed by atoms with Gasteiger partial charge in [0.05, 0.1) is 21.2 Å². The van der Waals surface area contributed by atoms with Crippen LogP contribution in [-0.2, 0) is 9.84 Å². The quantitative estimate of drug-likeness (QED) is 0.503. The Hall–Kier alpha value is -2.93. The number of aromatic hydroxyl groups is 2. The van der Waals surface area contributed by atoms with Gasteiger partial charge in [-0.25, -0.2) is 8.42 Å². The summed E-state index contributed by atoms with van der Waals surface area (Å²) >= 11 is 0. The molecule has 0 fully saturated rings. The van der Waals surface area contributed by atoms with Crippen LogP contribution in [0.3, 0.4) is 0 Å². The highest BCUT2D eigenvalue weighted by molar-refractivity contribution is 8.09. The van der Waals surface area contributed by atoms with Gasteiger partial charge in [-0.2, -0.15) is 0 Å². The van der Waals surface area contributed by atoms with Gasteiger partial charge in [-0.3, -0.25) is 0 Å². The van der Waals surface area contributed by atoms with Crippen LogP contribution in [0.5, 0.6) is 11.5 Å². The van der Waals surface area contributed by atoms with Crippen LogP contribution < -0.4 is 11.5 Å². The van der Waals surface area contributed by atoms with Crippen LogP contribution in [0.25, 0.3) is 9.81 Å². The minimum atomic E-state index is -4.00. The molecule has 2 aromatic carbocycles. The van der Waals surface area contributed by atoms with Crippen LogP contribution in [0.4, 0.5) is 11.4 Å². The van der Waals surface area contributed by atoms with Crippen molar-refractivity contribution in [3.8, 4) is 11.5 Å². The van der Waals surface area contributed by atoms with Gasteiger partial charge < -0.3 is 21.7 Å². The van der Waals surface area contributed by atoms with E-state index in [1.54, 1.807) is 0 Å². The van der Waals surface area contributed by atoms with Gasteiger partial charge >= 0.3 is 0 Å². The number of nitrogens with two attached hydrogens (primary N) is 2. The Kier molecular flexibility index (Phi) is 4.07. The Morgan fingerprint density at radius 2 is 1.17 bits per heavy atom. The molecular weight excluding hydrogens is 316 g/mol. The first-order valence-corrected chi connectivity index (χ1v) is 7.93. The smallest absolute Gasteiger partial charge is 0.206 e. The van der Waals surface area contributed by atoms with E-state index in [2.05, 4.69) is 13.2 Å². The molecule has 0 unspecified atom stereocenters. The monoisotopic (exact) mass is 332 g/mol. The molecule has 23 heavy (non-hydrogen) atoms. The van der Waals surface area contributed by atoms with Gasteiger partial charge in [0, 0.05) is 0 Å². The topological polar surface area (TPSA) is 127 Å². The van der Waals surface area contributed by atoms with Crippen LogP contribution >= 0.6 is 0 Å². The Labute approximate surface area is 133 Å². The van der Waals surface area contributed by atoms with Gasteiger partial charge in [0.25, 0.3) is 0 Å². The third kappa shape index (κ3) is 3.00. The molecule has 2 aromatic rings. The number of nitrogen functional groups attached to an aromatic ring is 2. The number of anilines is 2. The predicted molar refractivity (Wildman–Crippen MR) is 92.0 cm³/mol. The first-order valence-electron chi connectivity index (χ1n) is 6.45. The molecule has 2 rings (SSSR count). The van der Waals surface area contributed by atoms with Crippen molar-refractivity contribution >= 4 is 31.0 Å². The average Bonchev–Trinajstić information content (AvgIpc) is 2.51. The SMILES string of the molecule is C=C(c1ccc(N)c(O)c1)S(=O)(=O)C(=C)c1ccc(N)c(O)c1. The van der Waals surface area contributed by atoms with E-state index >= 15 is 0 Å². The first-order chi connectivity index (χ1) is 10.6. The van der Waals surface area contributed by atoms with Crippen molar-refractivity contribution in [2.24, 2.45) is 0 Å². The molecule has 6 nitrogen and oxygen atoms in total. The minimum absolute atomic E-state index is 0.126. The molecule has 0 aromatic heterocycles. The third-order valence-corrected chi connectivity index (χ3v) is 5.12. The molecule has 0 saturated heterocycles. The van der Waals surface area contributed by atoms with E-state index in [9.17, 15) is 18.6 Å². The first kappa shape index (κ1) is 16.4. The molecule has 0 atom stereocenters. The van der Waals surface area contributed by atoms with Crippen molar-refractivity contribution in [3.63, 3.8) is 0 Å². The highest BCUT2D eigenvalue weighted by Crippen LogP contribution is 2.34. The normalized spacial score (nSPS) is 11.1. The average molecular weight is 332 g/mol. The number of hydrogen-bond donors (Lipinski definition) is 4. The van der Waals surface area contributed by atoms with Gasteiger partial charge in [-0.05, 0) is 35.4 Å². The molecule has 0 radical (unpaired) electrons. The lowest BCUT2D eigenvalue weighted by atomic mass is 10.2. The zero-order chi connectivity index (χ0) is 17.4. The zero-order valence-electron chi connectivity index (χ0n) is 12.2. The molecule has 0 aliphatic rings. The predicted octanol–water partition coefficient (Wildman–Crippen LogP) is 2.32. The van der Waals surface area contributed by atoms with Crippen molar-refractivity contribution in [2.75, 3.05) is 11.5 Å². The van der Waals surface area contributed by atoms with E-state index in [0.29, 0.717) is 0 Å². The fraction of sp³-hybridized carbons (Fsp3) is 0. The number of rotatable bonds is 4. The lowest BCUT2D eigenvalue weighted by Gasteiger charge is -2.12. The maximum atomic E-state index is 12.6. The van der Waals surface area contributed by atoms with Crippen molar-refractivity contribution in [1.29, 1.82) is 0 Å². The molecule has 7 heteroatoms. The Morgan fingerprint density at radius 3 is 1.48 bits per heavy atom. The standard InChI is InChI=1S/C16H16N2O4S/c1-9(11-3-5-13(17)15(19)7-11)23(21,22)10(2)12-4-6-14(18)16(20)8-12/h3-8,19-20H,1-2,17-18H2. The summed E-state index contributed by atoms with van der Waals surface area (Å²) in [5.74, 6) is -0.482. The molecule has 0 aliphatic carbocycles. The van der Waals surface area contributed by atoms with Gasteiger partial charge in [0.2, 0.25) is 9.84 Å². The second-order valence-corrected chi connectivity index (χ2v) is 6.89. The summed E-state index contributed by atoms with van der Waals surface area (Å²) in [6.45, 7) is 7.13. The summed E-state index contributed by atoms with van der Waals surface area (Å²) in [5.41, 5.74) is 11.6. The van der Waals surface area contributed by atoms with Crippen molar-refractivity contribution < 1.29 is 18.6 Å². The maximum Gasteiger partial charge on any atom is 0.206 e. The Bertz CT molecular complexity index is 848. The van der Waals surface area contributed by atoms with Crippen LogP contribution in [0.2, 0.25) is 0 Å². The molecule has 6 N–H and O–H groups in total. The van der Waals surface area contributed by atoms with Gasteiger partial charge in [-0.1, -0.05) is 25.3 Å². The highest BCUT2D eigenvalue weighted by Gasteiger charge is 2.24. The van der Waals surface area contributed by atoms with E-state index in [-0.39, 0.29) is 43.8 Å². The Balaban J connectivity index is 2.43. The summed E-state index contributed by atoms with van der Waals surface area (Å²) in [6, 6.07) is 8.05. The van der Waals surface area contributed by atoms with E-state index in [0.717, 1.165) is 0 Å². The van der Waals surface area contributed by atoms with Crippen molar-refractivity contribution in [2.45, 2.75) is 0 Å². The summed E-state index contributed by atoms with van der Waals surface area (Å²) in [4.78, 5) is -0.483. The molecule has 120 valence electrons. The van der Waals surface area contributed by atoms with Gasteiger partial charge in [0.1, 0.15) is 11.5 Å². The van der Waals surface area contributed by atoms with E-state index < -0.39 is 9.84 Å². The second kappa shape index (κ2) is 5.69. The number of sulfone groups is 1. The van der Waals surface area contributed by atoms with E-state index in [1.807, 2.05) is 0 Å². The summed E-state index contributed by atoms with van der Waals surface area (Å²) in [5, 5.41) is 19.2. The largest absolute Gasteiger partial charge is 0.506 e. The summed E-state index contributed by atoms with van der Waals surface area (Å²) < 4.78 is 25.2. The fourth-order valence-electron chi connectivity index (χ4n) is 1.89. The van der Waals surface area contributed by atoms with Crippen LogP contribution in [0.1, 0.15) is 11.1 Å². The van der Waals surface area contributed by atoms with Gasteiger partial charge in [-0.15, -0.1) is 0 Å². The van der Waals surface area contributed by atoms with Crippen LogP contribution in [0, 0.1) is 0 Å². The van der Waals surface area contributed by atoms with E-state index in [4.69, 9.17) is 11.5 Å². The summed E-state index contributed by atoms with van der Waals surface area (Å²) in [6.07, 6.45) is 0. The number of phenolic OH excluding ortho intramolecular Hbond substituents is 2.